The molecule has 2 saturated heterocycles. The highest BCUT2D eigenvalue weighted by Gasteiger charge is 2.46. The molecule has 0 spiro atoms. The molecule has 3 amide bonds. The molecule has 6 rings (SSSR count). The number of fused-ring (bicyclic) bond motifs is 3. The first-order valence-electron chi connectivity index (χ1n) is 12.2. The van der Waals surface area contributed by atoms with Crippen molar-refractivity contribution in [3.63, 3.8) is 0 Å². The lowest BCUT2D eigenvalue weighted by Crippen LogP contribution is -2.46. The van der Waals surface area contributed by atoms with Gasteiger partial charge in [0.15, 0.2) is 11.5 Å². The average Bonchev–Trinajstić information content (AvgIpc) is 3.42. The molecule has 4 heterocycles. The van der Waals surface area contributed by atoms with Crippen molar-refractivity contribution in [2.75, 3.05) is 46.1 Å². The number of urea groups is 1. The van der Waals surface area contributed by atoms with Crippen molar-refractivity contribution in [2.45, 2.75) is 32.0 Å². The number of imide groups is 1. The molecule has 8 heteroatoms. The van der Waals surface area contributed by atoms with Gasteiger partial charge >= 0.3 is 6.03 Å². The van der Waals surface area contributed by atoms with Gasteiger partial charge in [-0.1, -0.05) is 30.3 Å². The largest absolute Gasteiger partial charge is 0.454 e. The minimum absolute atomic E-state index is 0.0342. The minimum Gasteiger partial charge on any atom is -0.454 e. The Morgan fingerprint density at radius 3 is 2.47 bits per heavy atom. The fourth-order valence-corrected chi connectivity index (χ4v) is 5.50. The minimum atomic E-state index is -0.331. The van der Waals surface area contributed by atoms with E-state index < -0.39 is 0 Å². The molecule has 2 aromatic carbocycles. The highest BCUT2D eigenvalue weighted by molar-refractivity contribution is 6.04. The lowest BCUT2D eigenvalue weighted by atomic mass is 9.95. The monoisotopic (exact) mass is 462 g/mol. The normalized spacial score (nSPS) is 22.3. The average molecular weight is 463 g/mol. The number of carbonyl (C=O) groups excluding carboxylic acids is 2. The number of carbonyl (C=O) groups is 2. The lowest BCUT2D eigenvalue weighted by molar-refractivity contribution is -0.128. The van der Waals surface area contributed by atoms with Gasteiger partial charge in [-0.15, -0.1) is 0 Å². The van der Waals surface area contributed by atoms with E-state index in [1.54, 1.807) is 4.90 Å². The van der Waals surface area contributed by atoms with E-state index in [2.05, 4.69) is 34.1 Å². The number of rotatable bonds is 6. The van der Waals surface area contributed by atoms with Crippen LogP contribution in [0.5, 0.6) is 11.5 Å². The second kappa shape index (κ2) is 8.92. The third-order valence-electron chi connectivity index (χ3n) is 7.44. The molecule has 8 nitrogen and oxygen atoms in total. The third-order valence-corrected chi connectivity index (χ3v) is 7.44. The molecule has 0 N–H and O–H groups in total. The number of hydrogen-bond donors (Lipinski definition) is 0. The SMILES string of the molecule is O=C1[C@@H]2Cc3ccccc3CN2C(=O)N1CCCN1CCN(Cc2ccc3c(c2)OCO3)CC1. The van der Waals surface area contributed by atoms with Gasteiger partial charge in [0.1, 0.15) is 6.04 Å². The van der Waals surface area contributed by atoms with E-state index in [1.165, 1.54) is 16.0 Å². The van der Waals surface area contributed by atoms with E-state index in [4.69, 9.17) is 9.47 Å². The molecule has 2 aromatic rings. The molecular formula is C26H30N4O4. The molecule has 4 aliphatic rings. The van der Waals surface area contributed by atoms with Crippen molar-refractivity contribution >= 4 is 11.9 Å². The molecule has 0 radical (unpaired) electrons. The first kappa shape index (κ1) is 21.4. The summed E-state index contributed by atoms with van der Waals surface area (Å²) in [5, 5.41) is 0. The Balaban J connectivity index is 0.964. The second-order valence-corrected chi connectivity index (χ2v) is 9.55. The third kappa shape index (κ3) is 4.01. The number of ether oxygens (including phenoxy) is 2. The molecule has 34 heavy (non-hydrogen) atoms. The maximum Gasteiger partial charge on any atom is 0.327 e. The number of amides is 3. The molecule has 2 fully saturated rings. The molecule has 1 atom stereocenters. The van der Waals surface area contributed by atoms with Gasteiger partial charge in [-0.2, -0.15) is 0 Å². The van der Waals surface area contributed by atoms with Crippen LogP contribution in [0.3, 0.4) is 0 Å². The summed E-state index contributed by atoms with van der Waals surface area (Å²) in [5.41, 5.74) is 3.58. The van der Waals surface area contributed by atoms with Crippen molar-refractivity contribution in [1.82, 2.24) is 19.6 Å². The first-order chi connectivity index (χ1) is 16.7. The highest BCUT2D eigenvalue weighted by atomic mass is 16.7. The van der Waals surface area contributed by atoms with Gasteiger partial charge in [0, 0.05) is 52.2 Å². The van der Waals surface area contributed by atoms with Gasteiger partial charge in [0.05, 0.1) is 0 Å². The molecule has 4 aliphatic heterocycles. The summed E-state index contributed by atoms with van der Waals surface area (Å²) in [4.78, 5) is 34.0. The van der Waals surface area contributed by atoms with E-state index >= 15 is 0 Å². The van der Waals surface area contributed by atoms with Crippen LogP contribution in [0.2, 0.25) is 0 Å². The molecule has 0 unspecified atom stereocenters. The van der Waals surface area contributed by atoms with Crippen LogP contribution in [0.15, 0.2) is 42.5 Å². The predicted molar refractivity (Wildman–Crippen MR) is 125 cm³/mol. The van der Waals surface area contributed by atoms with Crippen LogP contribution in [0.4, 0.5) is 4.79 Å². The van der Waals surface area contributed by atoms with E-state index in [0.717, 1.165) is 62.8 Å². The highest BCUT2D eigenvalue weighted by Crippen LogP contribution is 2.33. The van der Waals surface area contributed by atoms with Crippen molar-refractivity contribution in [2.24, 2.45) is 0 Å². The van der Waals surface area contributed by atoms with Crippen molar-refractivity contribution < 1.29 is 19.1 Å². The smallest absolute Gasteiger partial charge is 0.327 e. The van der Waals surface area contributed by atoms with Crippen molar-refractivity contribution in [3.8, 4) is 11.5 Å². The van der Waals surface area contributed by atoms with Crippen LogP contribution in [0, 0.1) is 0 Å². The van der Waals surface area contributed by atoms with E-state index in [1.807, 2.05) is 18.2 Å². The Bertz CT molecular complexity index is 1050. The van der Waals surface area contributed by atoms with Crippen LogP contribution >= 0.6 is 0 Å². The van der Waals surface area contributed by atoms with E-state index in [-0.39, 0.29) is 18.0 Å². The maximum absolute atomic E-state index is 13.0. The summed E-state index contributed by atoms with van der Waals surface area (Å²) < 4.78 is 10.9. The Kier molecular flexibility index (Phi) is 5.63. The topological polar surface area (TPSA) is 65.6 Å². The summed E-state index contributed by atoms with van der Waals surface area (Å²) in [6.07, 6.45) is 1.44. The van der Waals surface area contributed by atoms with Crippen molar-refractivity contribution in [3.05, 3.63) is 59.2 Å². The molecular weight excluding hydrogens is 432 g/mol. The fourth-order valence-electron chi connectivity index (χ4n) is 5.50. The quantitative estimate of drug-likeness (QED) is 0.614. The Morgan fingerprint density at radius 2 is 1.62 bits per heavy atom. The standard InChI is InChI=1S/C26H30N4O4/c31-25-22-15-20-4-1-2-5-21(20)17-30(22)26(32)29(25)9-3-8-27-10-12-28(13-11-27)16-19-6-7-23-24(14-19)34-18-33-23/h1-2,4-7,14,22H,3,8-13,15-18H2/t22-/m0/s1. The van der Waals surface area contributed by atoms with Crippen LogP contribution in [0.25, 0.3) is 0 Å². The molecule has 0 aliphatic carbocycles. The van der Waals surface area contributed by atoms with E-state index in [0.29, 0.717) is 26.3 Å². The zero-order chi connectivity index (χ0) is 23.1. The molecule has 0 bridgehead atoms. The molecule has 178 valence electrons. The fraction of sp³-hybridized carbons (Fsp3) is 0.462. The number of benzene rings is 2. The van der Waals surface area contributed by atoms with Crippen LogP contribution in [-0.2, 0) is 24.3 Å². The Hall–Kier alpha value is -3.10. The molecule has 0 saturated carbocycles. The zero-order valence-corrected chi connectivity index (χ0v) is 19.3. The first-order valence-corrected chi connectivity index (χ1v) is 12.2. The van der Waals surface area contributed by atoms with Gasteiger partial charge in [0.2, 0.25) is 6.79 Å². The zero-order valence-electron chi connectivity index (χ0n) is 19.3. The van der Waals surface area contributed by atoms with E-state index in [9.17, 15) is 9.59 Å². The summed E-state index contributed by atoms with van der Waals surface area (Å²) in [6.45, 7) is 7.14. The number of hydrogen-bond acceptors (Lipinski definition) is 6. The summed E-state index contributed by atoms with van der Waals surface area (Å²) in [7, 11) is 0. The van der Waals surface area contributed by atoms with Crippen LogP contribution in [0.1, 0.15) is 23.1 Å². The van der Waals surface area contributed by atoms with Gasteiger partial charge in [-0.3, -0.25) is 14.6 Å². The maximum atomic E-state index is 13.0. The predicted octanol–water partition coefficient (Wildman–Crippen LogP) is 2.31. The van der Waals surface area contributed by atoms with Crippen molar-refractivity contribution in [1.29, 1.82) is 0 Å². The van der Waals surface area contributed by atoms with Gasteiger partial charge in [0.25, 0.3) is 5.91 Å². The Labute approximate surface area is 199 Å². The summed E-state index contributed by atoms with van der Waals surface area (Å²) in [5.74, 6) is 1.62. The van der Waals surface area contributed by atoms with Gasteiger partial charge in [-0.05, 0) is 41.8 Å². The summed E-state index contributed by atoms with van der Waals surface area (Å²) in [6, 6.07) is 13.8. The molecule has 0 aromatic heterocycles. The van der Waals surface area contributed by atoms with Gasteiger partial charge < -0.3 is 19.3 Å². The van der Waals surface area contributed by atoms with Gasteiger partial charge in [-0.25, -0.2) is 4.79 Å². The lowest BCUT2D eigenvalue weighted by Gasteiger charge is -2.35. The second-order valence-electron chi connectivity index (χ2n) is 9.55. The number of nitrogens with zero attached hydrogens (tertiary/aromatic N) is 4. The van der Waals surface area contributed by atoms with Crippen LogP contribution in [-0.4, -0.2) is 83.6 Å². The summed E-state index contributed by atoms with van der Waals surface area (Å²) >= 11 is 0. The number of piperazine rings is 1. The Morgan fingerprint density at radius 1 is 0.853 bits per heavy atom. The van der Waals surface area contributed by atoms with Crippen LogP contribution < -0.4 is 9.47 Å².